The maximum atomic E-state index is 13.3. The van der Waals surface area contributed by atoms with Gasteiger partial charge in [-0.1, -0.05) is 49.6 Å². The summed E-state index contributed by atoms with van der Waals surface area (Å²) in [7, 11) is 0. The monoisotopic (exact) mass is 536 g/mol. The molecule has 2 aromatic carbocycles. The largest absolute Gasteiger partial charge is 1.00 e. The van der Waals surface area contributed by atoms with Crippen LogP contribution in [0.4, 0.5) is 0 Å². The van der Waals surface area contributed by atoms with Crippen molar-refractivity contribution in [3.8, 4) is 0 Å². The van der Waals surface area contributed by atoms with E-state index in [1.54, 1.807) is 30.3 Å². The summed E-state index contributed by atoms with van der Waals surface area (Å²) in [5, 5.41) is 0.235. The lowest BCUT2D eigenvalue weighted by molar-refractivity contribution is -0.951. The SMILES string of the molecule is CC(C)(C)c1ccc(C(=O)[NH+](N(Cl)C(=O)c2ccccc2Br)C(C)(C)C)cc1.Cl.[Cl-]. The molecule has 0 saturated heterocycles. The first kappa shape index (κ1) is 28.9. The second-order valence-electron chi connectivity index (χ2n) is 8.82. The molecule has 1 N–H and O–H groups in total. The number of carbonyl (C=O) groups excluding carboxylic acids is 2. The van der Waals surface area contributed by atoms with Gasteiger partial charge in [-0.05, 0) is 71.9 Å². The van der Waals surface area contributed by atoms with Crippen LogP contribution in [0.3, 0.4) is 0 Å². The molecule has 0 heterocycles. The highest BCUT2D eigenvalue weighted by Crippen LogP contribution is 2.22. The average molecular weight is 539 g/mol. The molecule has 4 nitrogen and oxygen atoms in total. The van der Waals surface area contributed by atoms with Gasteiger partial charge in [0.1, 0.15) is 5.54 Å². The molecule has 2 amide bonds. The highest BCUT2D eigenvalue weighted by atomic mass is 79.9. The van der Waals surface area contributed by atoms with Crippen LogP contribution in [0.25, 0.3) is 0 Å². The molecule has 0 spiro atoms. The zero-order valence-corrected chi connectivity index (χ0v) is 21.8. The maximum Gasteiger partial charge on any atom is 0.370 e. The van der Waals surface area contributed by atoms with Gasteiger partial charge in [0, 0.05) is 4.47 Å². The van der Waals surface area contributed by atoms with Crippen LogP contribution in [-0.2, 0) is 5.41 Å². The van der Waals surface area contributed by atoms with Crippen LogP contribution in [0.5, 0.6) is 0 Å². The van der Waals surface area contributed by atoms with Gasteiger partial charge in [0.25, 0.3) is 0 Å². The first-order valence-corrected chi connectivity index (χ1v) is 10.2. The van der Waals surface area contributed by atoms with Crippen molar-refractivity contribution in [2.45, 2.75) is 52.5 Å². The summed E-state index contributed by atoms with van der Waals surface area (Å²) in [4.78, 5) is 26.3. The summed E-state index contributed by atoms with van der Waals surface area (Å²) >= 11 is 9.82. The van der Waals surface area contributed by atoms with Gasteiger partial charge >= 0.3 is 11.8 Å². The molecule has 0 aliphatic carbocycles. The van der Waals surface area contributed by atoms with Gasteiger partial charge < -0.3 is 12.4 Å². The Morgan fingerprint density at radius 2 is 1.43 bits per heavy atom. The van der Waals surface area contributed by atoms with Gasteiger partial charge in [-0.3, -0.25) is 4.79 Å². The van der Waals surface area contributed by atoms with Gasteiger partial charge in [0.2, 0.25) is 0 Å². The van der Waals surface area contributed by atoms with E-state index in [1.165, 1.54) is 0 Å². The van der Waals surface area contributed by atoms with Gasteiger partial charge in [0.05, 0.1) is 22.9 Å². The van der Waals surface area contributed by atoms with Crippen LogP contribution in [0, 0.1) is 0 Å². The Balaban J connectivity index is 0.00000420. The molecule has 0 aromatic heterocycles. The fraction of sp³-hybridized carbons (Fsp3) is 0.364. The van der Waals surface area contributed by atoms with Crippen LogP contribution in [-0.4, -0.2) is 21.9 Å². The fourth-order valence-electron chi connectivity index (χ4n) is 2.82. The number of benzene rings is 2. The number of hydrogen-bond acceptors (Lipinski definition) is 2. The first-order chi connectivity index (χ1) is 12.8. The van der Waals surface area contributed by atoms with E-state index in [0.29, 0.717) is 15.6 Å². The molecular formula is C22H28BrCl3N2O2. The van der Waals surface area contributed by atoms with E-state index in [9.17, 15) is 9.59 Å². The summed E-state index contributed by atoms with van der Waals surface area (Å²) in [5.74, 6) is -0.706. The fourth-order valence-corrected chi connectivity index (χ4v) is 3.70. The smallest absolute Gasteiger partial charge is 0.370 e. The summed E-state index contributed by atoms with van der Waals surface area (Å²) < 4.78 is 1.58. The molecule has 0 aliphatic heterocycles. The number of nitrogens with zero attached hydrogens (tertiary/aromatic N) is 1. The lowest BCUT2D eigenvalue weighted by Crippen LogP contribution is -3.25. The molecule has 0 saturated carbocycles. The molecule has 2 aromatic rings. The van der Waals surface area contributed by atoms with Crippen LogP contribution >= 0.6 is 40.1 Å². The van der Waals surface area contributed by atoms with Crippen molar-refractivity contribution in [1.29, 1.82) is 0 Å². The topological polar surface area (TPSA) is 41.8 Å². The minimum atomic E-state index is -0.627. The molecule has 1 atom stereocenters. The lowest BCUT2D eigenvalue weighted by atomic mass is 9.86. The predicted molar refractivity (Wildman–Crippen MR) is 124 cm³/mol. The average Bonchev–Trinajstić information content (AvgIpc) is 2.59. The van der Waals surface area contributed by atoms with E-state index in [1.807, 2.05) is 39.0 Å². The van der Waals surface area contributed by atoms with E-state index < -0.39 is 11.4 Å². The Morgan fingerprint density at radius 3 is 1.87 bits per heavy atom. The molecule has 0 aliphatic rings. The van der Waals surface area contributed by atoms with E-state index in [2.05, 4.69) is 36.7 Å². The molecule has 30 heavy (non-hydrogen) atoms. The van der Waals surface area contributed by atoms with Crippen LogP contribution in [0.2, 0.25) is 0 Å². The quantitative estimate of drug-likeness (QED) is 0.471. The van der Waals surface area contributed by atoms with Crippen molar-refractivity contribution in [1.82, 2.24) is 4.53 Å². The Labute approximate surface area is 205 Å². The van der Waals surface area contributed by atoms with E-state index >= 15 is 0 Å². The second kappa shape index (κ2) is 11.0. The number of rotatable bonds is 2. The van der Waals surface area contributed by atoms with Gasteiger partial charge in [0.15, 0.2) is 0 Å². The maximum absolute atomic E-state index is 13.3. The standard InChI is InChI=1S/C22H26BrClN2O2.2ClH/c1-21(2,3)16-13-11-15(12-14-16)19(27)25(22(4,5)6)26(24)20(28)17-9-7-8-10-18(17)23;;/h7-14H,1-6H3;2*1H. The van der Waals surface area contributed by atoms with Crippen molar-refractivity contribution in [2.24, 2.45) is 0 Å². The minimum Gasteiger partial charge on any atom is -1.00 e. The summed E-state index contributed by atoms with van der Waals surface area (Å²) in [5.41, 5.74) is 1.40. The molecule has 166 valence electrons. The highest BCUT2D eigenvalue weighted by molar-refractivity contribution is 9.10. The molecule has 0 radical (unpaired) electrons. The second-order valence-corrected chi connectivity index (χ2v) is 10.0. The Kier molecular flexibility index (Phi) is 10.6. The van der Waals surface area contributed by atoms with Crippen molar-refractivity contribution in [2.75, 3.05) is 0 Å². The summed E-state index contributed by atoms with van der Waals surface area (Å²) in [6.45, 7) is 12.0. The molecule has 2 rings (SSSR count). The predicted octanol–water partition coefficient (Wildman–Crippen LogP) is 2.21. The Morgan fingerprint density at radius 1 is 0.933 bits per heavy atom. The third kappa shape index (κ3) is 6.69. The van der Waals surface area contributed by atoms with E-state index in [0.717, 1.165) is 10.1 Å². The minimum absolute atomic E-state index is 0. The van der Waals surface area contributed by atoms with Crippen LogP contribution in [0.1, 0.15) is 67.8 Å². The van der Waals surface area contributed by atoms with Crippen LogP contribution < -0.4 is 17.4 Å². The van der Waals surface area contributed by atoms with Gasteiger partial charge in [-0.15, -0.1) is 17.4 Å². The van der Waals surface area contributed by atoms with E-state index in [-0.39, 0.29) is 41.1 Å². The lowest BCUT2D eigenvalue weighted by Gasteiger charge is -2.33. The summed E-state index contributed by atoms with van der Waals surface area (Å²) in [6, 6.07) is 14.5. The first-order valence-electron chi connectivity index (χ1n) is 9.11. The number of hydrogen-bond donors (Lipinski definition) is 1. The molecule has 8 heteroatoms. The number of quaternary nitrogens is 1. The number of halogens is 4. The highest BCUT2D eigenvalue weighted by Gasteiger charge is 2.42. The van der Waals surface area contributed by atoms with Crippen molar-refractivity contribution < 1.29 is 27.0 Å². The normalized spacial score (nSPS) is 12.3. The Bertz CT molecular complexity index is 875. The Hall–Kier alpha value is -1.11. The van der Waals surface area contributed by atoms with Crippen molar-refractivity contribution in [3.63, 3.8) is 0 Å². The van der Waals surface area contributed by atoms with Crippen LogP contribution in [0.15, 0.2) is 53.0 Å². The molecule has 0 bridgehead atoms. The van der Waals surface area contributed by atoms with Crippen molar-refractivity contribution >= 4 is 51.9 Å². The number of amides is 2. The summed E-state index contributed by atoms with van der Waals surface area (Å²) in [6.07, 6.45) is 0. The molecule has 0 fully saturated rings. The van der Waals surface area contributed by atoms with Gasteiger partial charge in [-0.2, -0.15) is 0 Å². The van der Waals surface area contributed by atoms with Crippen molar-refractivity contribution in [3.05, 3.63) is 69.7 Å². The zero-order valence-electron chi connectivity index (χ0n) is 17.9. The molecular weight excluding hydrogens is 511 g/mol. The molecule has 1 unspecified atom stereocenters. The number of carbonyl (C=O) groups is 2. The van der Waals surface area contributed by atoms with Gasteiger partial charge in [-0.25, -0.2) is 4.79 Å². The third-order valence-corrected chi connectivity index (χ3v) is 5.43. The number of nitrogens with one attached hydrogen (secondary N) is 1. The third-order valence-electron chi connectivity index (χ3n) is 4.42. The van der Waals surface area contributed by atoms with E-state index in [4.69, 9.17) is 11.8 Å². The zero-order chi connectivity index (χ0) is 21.3.